The van der Waals surface area contributed by atoms with Crippen LogP contribution in [-0.4, -0.2) is 19.1 Å². The molecule has 4 nitrogen and oxygen atoms in total. The van der Waals surface area contributed by atoms with Crippen molar-refractivity contribution in [3.8, 4) is 17.0 Å². The van der Waals surface area contributed by atoms with E-state index in [2.05, 4.69) is 23.3 Å². The fourth-order valence-corrected chi connectivity index (χ4v) is 2.77. The molecular formula is C19H20N2O2. The summed E-state index contributed by atoms with van der Waals surface area (Å²) in [6, 6.07) is 13.9. The van der Waals surface area contributed by atoms with Crippen LogP contribution in [0.5, 0.6) is 5.75 Å². The number of rotatable bonds is 4. The quantitative estimate of drug-likeness (QED) is 0.770. The van der Waals surface area contributed by atoms with E-state index in [1.807, 2.05) is 43.4 Å². The summed E-state index contributed by atoms with van der Waals surface area (Å²) in [5, 5.41) is 4.59. The second-order valence-electron chi connectivity index (χ2n) is 5.46. The maximum atomic E-state index is 12.5. The van der Waals surface area contributed by atoms with Crippen LogP contribution in [0.1, 0.15) is 12.5 Å². The Morgan fingerprint density at radius 3 is 2.48 bits per heavy atom. The normalized spacial score (nSPS) is 10.7. The minimum atomic E-state index is -0.130. The molecule has 4 heteroatoms. The lowest BCUT2D eigenvalue weighted by atomic mass is 10.0. The molecule has 0 aliphatic carbocycles. The average Bonchev–Trinajstić information content (AvgIpc) is 2.60. The summed E-state index contributed by atoms with van der Waals surface area (Å²) in [6.45, 7) is 2.09. The summed E-state index contributed by atoms with van der Waals surface area (Å²) in [5.41, 5.74) is 3.84. The van der Waals surface area contributed by atoms with Gasteiger partial charge in [-0.1, -0.05) is 25.1 Å². The molecule has 0 unspecified atom stereocenters. The smallest absolute Gasteiger partial charge is 0.260 e. The van der Waals surface area contributed by atoms with Crippen molar-refractivity contribution in [3.63, 3.8) is 0 Å². The third-order valence-electron chi connectivity index (χ3n) is 4.08. The molecule has 23 heavy (non-hydrogen) atoms. The zero-order valence-corrected chi connectivity index (χ0v) is 13.6. The third-order valence-corrected chi connectivity index (χ3v) is 4.08. The zero-order valence-electron chi connectivity index (χ0n) is 13.6. The van der Waals surface area contributed by atoms with Crippen molar-refractivity contribution in [2.45, 2.75) is 13.3 Å². The summed E-state index contributed by atoms with van der Waals surface area (Å²) in [7, 11) is 3.48. The number of anilines is 1. The number of aromatic nitrogens is 1. The Morgan fingerprint density at radius 2 is 1.87 bits per heavy atom. The van der Waals surface area contributed by atoms with Gasteiger partial charge in [-0.15, -0.1) is 0 Å². The molecule has 0 aliphatic rings. The van der Waals surface area contributed by atoms with Gasteiger partial charge in [-0.2, -0.15) is 0 Å². The number of ether oxygens (including phenoxy) is 1. The van der Waals surface area contributed by atoms with Crippen molar-refractivity contribution in [1.82, 2.24) is 4.98 Å². The van der Waals surface area contributed by atoms with Gasteiger partial charge in [0.05, 0.1) is 12.5 Å². The van der Waals surface area contributed by atoms with E-state index in [1.54, 1.807) is 7.11 Å². The Labute approximate surface area is 135 Å². The van der Waals surface area contributed by atoms with Crippen molar-refractivity contribution >= 4 is 16.5 Å². The lowest BCUT2D eigenvalue weighted by Crippen LogP contribution is -2.09. The molecule has 2 aromatic carbocycles. The summed E-state index contributed by atoms with van der Waals surface area (Å²) < 4.78 is 5.40. The molecule has 0 saturated carbocycles. The van der Waals surface area contributed by atoms with Crippen molar-refractivity contribution in [2.24, 2.45) is 0 Å². The standard InChI is InChI=1S/C19H20N2O2/c1-4-12-9-14-11-16(13-5-7-15(20-2)8-6-13)21-19(22)18(14)17(10-12)23-3/h5-11,20H,4H2,1-3H3,(H,21,22). The Bertz CT molecular complexity index is 896. The molecule has 0 bridgehead atoms. The van der Waals surface area contributed by atoms with Gasteiger partial charge in [0.2, 0.25) is 0 Å². The number of methoxy groups -OCH3 is 1. The molecule has 3 rings (SSSR count). The van der Waals surface area contributed by atoms with Gasteiger partial charge in [0.15, 0.2) is 0 Å². The van der Waals surface area contributed by atoms with E-state index in [4.69, 9.17) is 4.74 Å². The van der Waals surface area contributed by atoms with Crippen molar-refractivity contribution in [2.75, 3.05) is 19.5 Å². The minimum Gasteiger partial charge on any atom is -0.496 e. The average molecular weight is 308 g/mol. The van der Waals surface area contributed by atoms with Crippen molar-refractivity contribution in [1.29, 1.82) is 0 Å². The highest BCUT2D eigenvalue weighted by Gasteiger charge is 2.10. The molecule has 0 saturated heterocycles. The molecule has 0 fully saturated rings. The molecule has 0 aliphatic heterocycles. The number of benzene rings is 2. The molecule has 1 aromatic heterocycles. The highest BCUT2D eigenvalue weighted by atomic mass is 16.5. The van der Waals surface area contributed by atoms with E-state index in [-0.39, 0.29) is 5.56 Å². The van der Waals surface area contributed by atoms with Gasteiger partial charge in [-0.05, 0) is 47.2 Å². The van der Waals surface area contributed by atoms with Crippen LogP contribution >= 0.6 is 0 Å². The molecule has 0 atom stereocenters. The molecule has 3 aromatic rings. The van der Waals surface area contributed by atoms with Gasteiger partial charge in [0.1, 0.15) is 5.75 Å². The molecule has 2 N–H and O–H groups in total. The van der Waals surface area contributed by atoms with E-state index in [0.29, 0.717) is 11.1 Å². The SMILES string of the molecule is CCc1cc(OC)c2c(=O)[nH]c(-c3ccc(NC)cc3)cc2c1. The number of aryl methyl sites for hydroxylation is 1. The summed E-state index contributed by atoms with van der Waals surface area (Å²) >= 11 is 0. The first kappa shape index (κ1) is 15.2. The second kappa shape index (κ2) is 6.16. The molecule has 1 heterocycles. The summed E-state index contributed by atoms with van der Waals surface area (Å²) in [5.74, 6) is 0.623. The zero-order chi connectivity index (χ0) is 16.4. The van der Waals surface area contributed by atoms with E-state index in [9.17, 15) is 4.79 Å². The highest BCUT2D eigenvalue weighted by Crippen LogP contribution is 2.28. The molecule has 118 valence electrons. The highest BCUT2D eigenvalue weighted by molar-refractivity contribution is 5.90. The number of hydrogen-bond donors (Lipinski definition) is 2. The summed E-state index contributed by atoms with van der Waals surface area (Å²) in [6.07, 6.45) is 0.894. The first-order chi connectivity index (χ1) is 11.2. The molecular weight excluding hydrogens is 288 g/mol. The van der Waals surface area contributed by atoms with Crippen LogP contribution in [0.2, 0.25) is 0 Å². The number of nitrogens with one attached hydrogen (secondary N) is 2. The monoisotopic (exact) mass is 308 g/mol. The van der Waals surface area contributed by atoms with E-state index >= 15 is 0 Å². The van der Waals surface area contributed by atoms with Crippen molar-refractivity contribution < 1.29 is 4.74 Å². The lowest BCUT2D eigenvalue weighted by molar-refractivity contribution is 0.419. The van der Waals surface area contributed by atoms with E-state index < -0.39 is 0 Å². The van der Waals surface area contributed by atoms with Crippen molar-refractivity contribution in [3.05, 3.63) is 58.4 Å². The van der Waals surface area contributed by atoms with Gasteiger partial charge in [0, 0.05) is 18.4 Å². The Kier molecular flexibility index (Phi) is 4.06. The Balaban J connectivity index is 2.21. The number of H-pyrrole nitrogens is 1. The van der Waals surface area contributed by atoms with Gasteiger partial charge in [-0.3, -0.25) is 4.79 Å². The van der Waals surface area contributed by atoms with Crippen LogP contribution in [0, 0.1) is 0 Å². The van der Waals surface area contributed by atoms with Crippen LogP contribution in [0.25, 0.3) is 22.0 Å². The minimum absolute atomic E-state index is 0.130. The molecule has 0 radical (unpaired) electrons. The molecule has 0 amide bonds. The third kappa shape index (κ3) is 2.80. The van der Waals surface area contributed by atoms with E-state index in [1.165, 1.54) is 0 Å². The van der Waals surface area contributed by atoms with Crippen LogP contribution in [0.15, 0.2) is 47.3 Å². The number of hydrogen-bond acceptors (Lipinski definition) is 3. The second-order valence-corrected chi connectivity index (χ2v) is 5.46. The predicted molar refractivity (Wildman–Crippen MR) is 95.5 cm³/mol. The fourth-order valence-electron chi connectivity index (χ4n) is 2.77. The van der Waals surface area contributed by atoms with Crippen LogP contribution in [-0.2, 0) is 6.42 Å². The maximum Gasteiger partial charge on any atom is 0.260 e. The van der Waals surface area contributed by atoms with Gasteiger partial charge in [0.25, 0.3) is 5.56 Å². The van der Waals surface area contributed by atoms with Gasteiger partial charge in [-0.25, -0.2) is 0 Å². The molecule has 0 spiro atoms. The Hall–Kier alpha value is -2.75. The topological polar surface area (TPSA) is 54.1 Å². The van der Waals surface area contributed by atoms with Gasteiger partial charge < -0.3 is 15.0 Å². The largest absolute Gasteiger partial charge is 0.496 e. The van der Waals surface area contributed by atoms with E-state index in [0.717, 1.165) is 34.3 Å². The first-order valence-electron chi connectivity index (χ1n) is 7.68. The van der Waals surface area contributed by atoms with Crippen LogP contribution in [0.3, 0.4) is 0 Å². The maximum absolute atomic E-state index is 12.5. The number of aromatic amines is 1. The first-order valence-corrected chi connectivity index (χ1v) is 7.68. The lowest BCUT2D eigenvalue weighted by Gasteiger charge is -2.10. The van der Waals surface area contributed by atoms with Crippen LogP contribution < -0.4 is 15.6 Å². The number of fused-ring (bicyclic) bond motifs is 1. The fraction of sp³-hybridized carbons (Fsp3) is 0.211. The van der Waals surface area contributed by atoms with Crippen LogP contribution in [0.4, 0.5) is 5.69 Å². The van der Waals surface area contributed by atoms with Gasteiger partial charge >= 0.3 is 0 Å². The Morgan fingerprint density at radius 1 is 1.13 bits per heavy atom. The predicted octanol–water partition coefficient (Wildman–Crippen LogP) is 3.81. The number of pyridine rings is 1. The summed E-state index contributed by atoms with van der Waals surface area (Å²) in [4.78, 5) is 15.5.